The quantitative estimate of drug-likeness (QED) is 0.583. The topological polar surface area (TPSA) is 74.6 Å². The van der Waals surface area contributed by atoms with E-state index < -0.39 is 5.97 Å². The fourth-order valence-corrected chi connectivity index (χ4v) is 3.07. The summed E-state index contributed by atoms with van der Waals surface area (Å²) in [5, 5.41) is 19.6. The van der Waals surface area contributed by atoms with Crippen LogP contribution in [-0.2, 0) is 11.2 Å². The highest BCUT2D eigenvalue weighted by molar-refractivity contribution is 5.91. The van der Waals surface area contributed by atoms with Gasteiger partial charge >= 0.3 is 5.97 Å². The zero-order valence-corrected chi connectivity index (χ0v) is 13.5. The van der Waals surface area contributed by atoms with Crippen LogP contribution in [0.15, 0.2) is 24.3 Å². The van der Waals surface area contributed by atoms with Gasteiger partial charge in [-0.3, -0.25) is 0 Å². The number of aryl methyl sites for hydroxylation is 1. The first-order chi connectivity index (χ1) is 11.0. The predicted molar refractivity (Wildman–Crippen MR) is 89.0 cm³/mol. The molecule has 0 radical (unpaired) electrons. The molecule has 0 saturated heterocycles. The second-order valence-electron chi connectivity index (χ2n) is 6.26. The molecule has 0 amide bonds. The minimum atomic E-state index is -1.10. The summed E-state index contributed by atoms with van der Waals surface area (Å²) in [6.45, 7) is 1.57. The number of hydrogen-bond donors (Lipinski definition) is 2. The molecule has 0 bridgehead atoms. The highest BCUT2D eigenvalue weighted by atomic mass is 16.4. The Balaban J connectivity index is 2.23. The second kappa shape index (κ2) is 7.95. The van der Waals surface area contributed by atoms with Crippen molar-refractivity contribution in [2.24, 2.45) is 0 Å². The Morgan fingerprint density at radius 2 is 2.04 bits per heavy atom. The molecule has 1 atom stereocenters. The van der Waals surface area contributed by atoms with Gasteiger partial charge in [-0.1, -0.05) is 18.2 Å². The molecule has 0 aliphatic heterocycles. The Kier molecular flexibility index (Phi) is 5.97. The van der Waals surface area contributed by atoms with E-state index in [1.807, 2.05) is 6.07 Å². The largest absolute Gasteiger partial charge is 0.507 e. The van der Waals surface area contributed by atoms with E-state index in [2.05, 4.69) is 12.2 Å². The van der Waals surface area contributed by atoms with Crippen LogP contribution < -0.4 is 0 Å². The standard InChI is InChI=1S/C19H24O4/c1-13(20)7-5-6-10-15-11-16(14-8-3-2-4-9-14)12-17(18(15)21)19(22)23/h3,8,11-12,14,21H,2,4-7,9-10H2,1H3,(H,22,23). The highest BCUT2D eigenvalue weighted by Crippen LogP contribution is 2.34. The van der Waals surface area contributed by atoms with Gasteiger partial charge in [0, 0.05) is 12.3 Å². The summed E-state index contributed by atoms with van der Waals surface area (Å²) in [5.41, 5.74) is 1.60. The molecule has 2 rings (SSSR count). The Morgan fingerprint density at radius 1 is 1.26 bits per heavy atom. The summed E-state index contributed by atoms with van der Waals surface area (Å²) in [6.07, 6.45) is 10.1. The molecule has 1 unspecified atom stereocenters. The van der Waals surface area contributed by atoms with E-state index in [4.69, 9.17) is 0 Å². The van der Waals surface area contributed by atoms with Gasteiger partial charge in [0.1, 0.15) is 17.1 Å². The third-order valence-corrected chi connectivity index (χ3v) is 4.35. The van der Waals surface area contributed by atoms with Gasteiger partial charge in [0.15, 0.2) is 0 Å². The second-order valence-corrected chi connectivity index (χ2v) is 6.26. The molecular formula is C19H24O4. The molecule has 0 saturated carbocycles. The average molecular weight is 316 g/mol. The summed E-state index contributed by atoms with van der Waals surface area (Å²) in [5.74, 6) is -0.863. The van der Waals surface area contributed by atoms with Gasteiger partial charge < -0.3 is 15.0 Å². The average Bonchev–Trinajstić information content (AvgIpc) is 2.53. The van der Waals surface area contributed by atoms with Gasteiger partial charge in [-0.05, 0) is 62.6 Å². The van der Waals surface area contributed by atoms with Crippen LogP contribution in [-0.4, -0.2) is 22.0 Å². The van der Waals surface area contributed by atoms with Crippen molar-refractivity contribution < 1.29 is 19.8 Å². The number of aromatic carboxylic acids is 1. The van der Waals surface area contributed by atoms with Crippen molar-refractivity contribution in [3.05, 3.63) is 41.0 Å². The number of ketones is 1. The van der Waals surface area contributed by atoms with Crippen molar-refractivity contribution in [2.45, 2.75) is 57.8 Å². The van der Waals surface area contributed by atoms with Crippen LogP contribution in [0.3, 0.4) is 0 Å². The summed E-state index contributed by atoms with van der Waals surface area (Å²) in [7, 11) is 0. The number of carbonyl (C=O) groups excluding carboxylic acids is 1. The molecule has 1 aromatic carbocycles. The number of aromatic hydroxyl groups is 1. The smallest absolute Gasteiger partial charge is 0.339 e. The molecule has 0 aromatic heterocycles. The summed E-state index contributed by atoms with van der Waals surface area (Å²) < 4.78 is 0. The maximum absolute atomic E-state index is 11.4. The highest BCUT2D eigenvalue weighted by Gasteiger charge is 2.19. The molecule has 4 nitrogen and oxygen atoms in total. The van der Waals surface area contributed by atoms with Crippen LogP contribution in [0.25, 0.3) is 0 Å². The molecular weight excluding hydrogens is 292 g/mol. The molecule has 2 N–H and O–H groups in total. The van der Waals surface area contributed by atoms with Crippen molar-refractivity contribution in [1.29, 1.82) is 0 Å². The van der Waals surface area contributed by atoms with Gasteiger partial charge in [-0.25, -0.2) is 4.79 Å². The third-order valence-electron chi connectivity index (χ3n) is 4.35. The lowest BCUT2D eigenvalue weighted by Crippen LogP contribution is -2.06. The van der Waals surface area contributed by atoms with Crippen LogP contribution in [0, 0.1) is 0 Å². The van der Waals surface area contributed by atoms with Crippen LogP contribution in [0.5, 0.6) is 5.75 Å². The van der Waals surface area contributed by atoms with Gasteiger partial charge in [-0.2, -0.15) is 0 Å². The Hall–Kier alpha value is -2.10. The fraction of sp³-hybridized carbons (Fsp3) is 0.474. The fourth-order valence-electron chi connectivity index (χ4n) is 3.07. The maximum atomic E-state index is 11.4. The number of carboxylic acids is 1. The van der Waals surface area contributed by atoms with E-state index >= 15 is 0 Å². The number of unbranched alkanes of at least 4 members (excludes halogenated alkanes) is 1. The summed E-state index contributed by atoms with van der Waals surface area (Å²) in [4.78, 5) is 22.4. The van der Waals surface area contributed by atoms with Crippen LogP contribution in [0.2, 0.25) is 0 Å². The van der Waals surface area contributed by atoms with Gasteiger partial charge in [0.05, 0.1) is 0 Å². The molecule has 23 heavy (non-hydrogen) atoms. The monoisotopic (exact) mass is 316 g/mol. The molecule has 1 aromatic rings. The van der Waals surface area contributed by atoms with Gasteiger partial charge in [-0.15, -0.1) is 0 Å². The number of Topliss-reactive ketones (excluding diaryl/α,β-unsaturated/α-hetero) is 1. The lowest BCUT2D eigenvalue weighted by Gasteiger charge is -2.19. The first-order valence-corrected chi connectivity index (χ1v) is 8.24. The number of carbonyl (C=O) groups is 2. The predicted octanol–water partition coefficient (Wildman–Crippen LogP) is 4.22. The Morgan fingerprint density at radius 3 is 2.65 bits per heavy atom. The number of benzene rings is 1. The molecule has 0 fully saturated rings. The van der Waals surface area contributed by atoms with Crippen LogP contribution >= 0.6 is 0 Å². The van der Waals surface area contributed by atoms with E-state index in [9.17, 15) is 19.8 Å². The first kappa shape index (κ1) is 17.3. The molecule has 4 heteroatoms. The zero-order chi connectivity index (χ0) is 16.8. The van der Waals surface area contributed by atoms with Gasteiger partial charge in [0.25, 0.3) is 0 Å². The molecule has 0 heterocycles. The van der Waals surface area contributed by atoms with Crippen molar-refractivity contribution in [3.63, 3.8) is 0 Å². The first-order valence-electron chi connectivity index (χ1n) is 8.24. The normalized spacial score (nSPS) is 17.2. The van der Waals surface area contributed by atoms with Crippen LogP contribution in [0.1, 0.15) is 72.9 Å². The van der Waals surface area contributed by atoms with Crippen LogP contribution in [0.4, 0.5) is 0 Å². The SMILES string of the molecule is CC(=O)CCCCc1cc(C2C=CCCC2)cc(C(=O)O)c1O. The number of hydrogen-bond acceptors (Lipinski definition) is 3. The lowest BCUT2D eigenvalue weighted by molar-refractivity contribution is -0.117. The van der Waals surface area contributed by atoms with E-state index in [1.54, 1.807) is 13.0 Å². The van der Waals surface area contributed by atoms with Crippen molar-refractivity contribution in [2.75, 3.05) is 0 Å². The molecule has 1 aliphatic rings. The van der Waals surface area contributed by atoms with E-state index in [-0.39, 0.29) is 23.0 Å². The third kappa shape index (κ3) is 4.68. The van der Waals surface area contributed by atoms with E-state index in [0.29, 0.717) is 18.4 Å². The van der Waals surface area contributed by atoms with Gasteiger partial charge in [0.2, 0.25) is 0 Å². The summed E-state index contributed by atoms with van der Waals surface area (Å²) >= 11 is 0. The molecule has 124 valence electrons. The van der Waals surface area contributed by atoms with Crippen molar-refractivity contribution in [3.8, 4) is 5.75 Å². The summed E-state index contributed by atoms with van der Waals surface area (Å²) in [6, 6.07) is 3.52. The minimum Gasteiger partial charge on any atom is -0.507 e. The van der Waals surface area contributed by atoms with Crippen molar-refractivity contribution >= 4 is 11.8 Å². The number of rotatable bonds is 7. The molecule has 0 spiro atoms. The van der Waals surface area contributed by atoms with E-state index in [1.165, 1.54) is 0 Å². The lowest BCUT2D eigenvalue weighted by atomic mass is 9.86. The number of allylic oxidation sites excluding steroid dienone is 2. The Bertz CT molecular complexity index is 616. The zero-order valence-electron chi connectivity index (χ0n) is 13.5. The minimum absolute atomic E-state index is 0.0250. The number of phenols is 1. The Labute approximate surface area is 136 Å². The van der Waals surface area contributed by atoms with E-state index in [0.717, 1.165) is 37.7 Å². The number of carboxylic acid groups (broad SMARTS) is 1. The maximum Gasteiger partial charge on any atom is 0.339 e. The van der Waals surface area contributed by atoms with Crippen molar-refractivity contribution in [1.82, 2.24) is 0 Å². The molecule has 1 aliphatic carbocycles.